The van der Waals surface area contributed by atoms with Crippen LogP contribution in [0.2, 0.25) is 0 Å². The molecule has 1 unspecified atom stereocenters. The second-order valence-corrected chi connectivity index (χ2v) is 6.46. The molecule has 1 saturated heterocycles. The zero-order chi connectivity index (χ0) is 17.4. The number of nitrogens with zero attached hydrogens (tertiary/aromatic N) is 1. The van der Waals surface area contributed by atoms with E-state index in [1.165, 1.54) is 5.56 Å². The van der Waals surface area contributed by atoms with Crippen LogP contribution in [0.15, 0.2) is 30.3 Å². The molecule has 2 rings (SSSR count). The maximum Gasteiger partial charge on any atom is 0.159 e. The molecule has 136 valence electrons. The van der Waals surface area contributed by atoms with Gasteiger partial charge in [0.2, 0.25) is 0 Å². The standard InChI is InChI=1S/C19H32N2O3/c1-15(18(20-2)24-14-16-8-6-5-7-9-16)21-12-10-17(11-13-21)19(22-3)23-4/h5-9,15,17-20H,10-14H2,1-4H3/t15-,18?/m1/s1. The summed E-state index contributed by atoms with van der Waals surface area (Å²) in [5.74, 6) is 0.474. The van der Waals surface area contributed by atoms with Crippen molar-refractivity contribution in [1.82, 2.24) is 10.2 Å². The number of hydrogen-bond acceptors (Lipinski definition) is 5. The van der Waals surface area contributed by atoms with Gasteiger partial charge in [0.25, 0.3) is 0 Å². The Morgan fingerprint density at radius 3 is 2.29 bits per heavy atom. The lowest BCUT2D eigenvalue weighted by Crippen LogP contribution is -2.52. The number of ether oxygens (including phenoxy) is 3. The molecular formula is C19H32N2O3. The third-order valence-electron chi connectivity index (χ3n) is 4.99. The maximum absolute atomic E-state index is 6.11. The monoisotopic (exact) mass is 336 g/mol. The van der Waals surface area contributed by atoms with Gasteiger partial charge in [-0.2, -0.15) is 0 Å². The summed E-state index contributed by atoms with van der Waals surface area (Å²) in [5.41, 5.74) is 1.20. The summed E-state index contributed by atoms with van der Waals surface area (Å²) >= 11 is 0. The number of benzene rings is 1. The highest BCUT2D eigenvalue weighted by Gasteiger charge is 2.31. The van der Waals surface area contributed by atoms with Crippen molar-refractivity contribution in [1.29, 1.82) is 0 Å². The summed E-state index contributed by atoms with van der Waals surface area (Å²) in [5, 5.41) is 3.31. The van der Waals surface area contributed by atoms with E-state index in [0.717, 1.165) is 25.9 Å². The van der Waals surface area contributed by atoms with Crippen molar-refractivity contribution >= 4 is 0 Å². The molecule has 1 N–H and O–H groups in total. The predicted octanol–water partition coefficient (Wildman–Crippen LogP) is 2.47. The molecule has 0 saturated carbocycles. The van der Waals surface area contributed by atoms with Crippen LogP contribution in [0.3, 0.4) is 0 Å². The topological polar surface area (TPSA) is 43.0 Å². The Labute approximate surface area is 146 Å². The van der Waals surface area contributed by atoms with E-state index >= 15 is 0 Å². The number of nitrogens with one attached hydrogen (secondary N) is 1. The molecule has 5 heteroatoms. The van der Waals surface area contributed by atoms with Crippen molar-refractivity contribution < 1.29 is 14.2 Å². The highest BCUT2D eigenvalue weighted by Crippen LogP contribution is 2.25. The molecule has 1 fully saturated rings. The molecule has 0 aromatic heterocycles. The largest absolute Gasteiger partial charge is 0.357 e. The van der Waals surface area contributed by atoms with Crippen LogP contribution in [0.4, 0.5) is 0 Å². The minimum atomic E-state index is -0.0862. The van der Waals surface area contributed by atoms with Gasteiger partial charge < -0.3 is 14.2 Å². The normalized spacial score (nSPS) is 19.5. The Morgan fingerprint density at radius 2 is 1.75 bits per heavy atom. The summed E-state index contributed by atoms with van der Waals surface area (Å²) in [6.07, 6.45) is 2.11. The number of likely N-dealkylation sites (tertiary alicyclic amines) is 1. The van der Waals surface area contributed by atoms with Crippen LogP contribution in [0, 0.1) is 5.92 Å². The highest BCUT2D eigenvalue weighted by atomic mass is 16.7. The van der Waals surface area contributed by atoms with Gasteiger partial charge in [0.05, 0.1) is 6.61 Å². The van der Waals surface area contributed by atoms with Gasteiger partial charge in [-0.3, -0.25) is 10.2 Å². The second-order valence-electron chi connectivity index (χ2n) is 6.46. The second kappa shape index (κ2) is 10.1. The lowest BCUT2D eigenvalue weighted by atomic mass is 9.95. The van der Waals surface area contributed by atoms with Crippen molar-refractivity contribution in [2.45, 2.75) is 44.9 Å². The highest BCUT2D eigenvalue weighted by molar-refractivity contribution is 5.13. The first-order valence-electron chi connectivity index (χ1n) is 8.82. The van der Waals surface area contributed by atoms with E-state index in [9.17, 15) is 0 Å². The van der Waals surface area contributed by atoms with Gasteiger partial charge in [-0.05, 0) is 45.5 Å². The van der Waals surface area contributed by atoms with Crippen LogP contribution < -0.4 is 5.32 Å². The van der Waals surface area contributed by atoms with E-state index in [1.54, 1.807) is 14.2 Å². The number of likely N-dealkylation sites (N-methyl/N-ethyl adjacent to an activating group) is 1. The molecule has 1 heterocycles. The number of methoxy groups -OCH3 is 2. The minimum Gasteiger partial charge on any atom is -0.357 e. The lowest BCUT2D eigenvalue weighted by molar-refractivity contribution is -0.150. The van der Waals surface area contributed by atoms with Gasteiger partial charge in [-0.15, -0.1) is 0 Å². The van der Waals surface area contributed by atoms with E-state index in [1.807, 2.05) is 25.2 Å². The molecule has 24 heavy (non-hydrogen) atoms. The van der Waals surface area contributed by atoms with Crippen molar-refractivity contribution in [3.05, 3.63) is 35.9 Å². The smallest absolute Gasteiger partial charge is 0.159 e. The first-order valence-corrected chi connectivity index (χ1v) is 8.82. The summed E-state index contributed by atoms with van der Waals surface area (Å²) in [4.78, 5) is 2.49. The van der Waals surface area contributed by atoms with E-state index in [-0.39, 0.29) is 12.5 Å². The summed E-state index contributed by atoms with van der Waals surface area (Å²) in [6, 6.07) is 10.6. The number of hydrogen-bond donors (Lipinski definition) is 1. The minimum absolute atomic E-state index is 0.0161. The van der Waals surface area contributed by atoms with E-state index < -0.39 is 0 Å². The Morgan fingerprint density at radius 1 is 1.12 bits per heavy atom. The predicted molar refractivity (Wildman–Crippen MR) is 95.6 cm³/mol. The summed E-state index contributed by atoms with van der Waals surface area (Å²) in [7, 11) is 5.40. The van der Waals surface area contributed by atoms with Crippen LogP contribution in [0.25, 0.3) is 0 Å². The zero-order valence-corrected chi connectivity index (χ0v) is 15.4. The van der Waals surface area contributed by atoms with Crippen LogP contribution >= 0.6 is 0 Å². The van der Waals surface area contributed by atoms with Crippen molar-refractivity contribution in [2.24, 2.45) is 5.92 Å². The molecule has 1 aliphatic heterocycles. The molecule has 1 aromatic rings. The van der Waals surface area contributed by atoms with Gasteiger partial charge in [0, 0.05) is 26.2 Å². The van der Waals surface area contributed by atoms with E-state index in [4.69, 9.17) is 14.2 Å². The summed E-state index contributed by atoms with van der Waals surface area (Å²) in [6.45, 7) is 4.95. The summed E-state index contributed by atoms with van der Waals surface area (Å²) < 4.78 is 16.9. The van der Waals surface area contributed by atoms with Crippen LogP contribution in [-0.2, 0) is 20.8 Å². The van der Waals surface area contributed by atoms with Crippen LogP contribution in [0.5, 0.6) is 0 Å². The molecule has 1 aromatic carbocycles. The average Bonchev–Trinajstić information content (AvgIpc) is 2.64. The molecule has 0 radical (unpaired) electrons. The van der Waals surface area contributed by atoms with Gasteiger partial charge in [-0.1, -0.05) is 30.3 Å². The molecule has 0 bridgehead atoms. The fraction of sp³-hybridized carbons (Fsp3) is 0.684. The Bertz CT molecular complexity index is 445. The van der Waals surface area contributed by atoms with Gasteiger partial charge >= 0.3 is 0 Å². The Balaban J connectivity index is 1.82. The maximum atomic E-state index is 6.11. The third-order valence-corrected chi connectivity index (χ3v) is 4.99. The zero-order valence-electron chi connectivity index (χ0n) is 15.4. The van der Waals surface area contributed by atoms with E-state index in [2.05, 4.69) is 29.3 Å². The molecule has 0 aliphatic carbocycles. The number of piperidine rings is 1. The van der Waals surface area contributed by atoms with Gasteiger partial charge in [-0.25, -0.2) is 0 Å². The fourth-order valence-corrected chi connectivity index (χ4v) is 3.50. The van der Waals surface area contributed by atoms with Gasteiger partial charge in [0.1, 0.15) is 6.23 Å². The first-order chi connectivity index (χ1) is 11.7. The molecular weight excluding hydrogens is 304 g/mol. The lowest BCUT2D eigenvalue weighted by Gasteiger charge is -2.40. The first kappa shape index (κ1) is 19.3. The van der Waals surface area contributed by atoms with E-state index in [0.29, 0.717) is 18.6 Å². The van der Waals surface area contributed by atoms with Crippen LogP contribution in [-0.4, -0.2) is 57.8 Å². The molecule has 5 nitrogen and oxygen atoms in total. The quantitative estimate of drug-likeness (QED) is 0.702. The molecule has 0 amide bonds. The SMILES string of the molecule is CNC(OCc1ccccc1)[C@@H](C)N1CCC(C(OC)OC)CC1. The molecule has 2 atom stereocenters. The molecule has 1 aliphatic rings. The Kier molecular flexibility index (Phi) is 8.15. The molecule has 0 spiro atoms. The Hall–Kier alpha value is -0.980. The third kappa shape index (κ3) is 5.26. The van der Waals surface area contributed by atoms with Crippen molar-refractivity contribution in [3.63, 3.8) is 0 Å². The average molecular weight is 336 g/mol. The number of rotatable bonds is 9. The van der Waals surface area contributed by atoms with Crippen molar-refractivity contribution in [2.75, 3.05) is 34.4 Å². The van der Waals surface area contributed by atoms with Gasteiger partial charge in [0.15, 0.2) is 6.29 Å². The fourth-order valence-electron chi connectivity index (χ4n) is 3.50. The van der Waals surface area contributed by atoms with Crippen molar-refractivity contribution in [3.8, 4) is 0 Å². The van der Waals surface area contributed by atoms with Crippen LogP contribution in [0.1, 0.15) is 25.3 Å².